The van der Waals surface area contributed by atoms with Crippen molar-refractivity contribution >= 4 is 42.8 Å². The van der Waals surface area contributed by atoms with E-state index in [1.165, 1.54) is 20.5 Å². The maximum atomic E-state index is 6.13. The Kier molecular flexibility index (Phi) is 2.97. The number of pyridine rings is 1. The zero-order chi connectivity index (χ0) is 17.1. The topological polar surface area (TPSA) is 42.8 Å². The Morgan fingerprint density at radius 1 is 1.00 bits per heavy atom. The molecule has 0 aliphatic heterocycles. The Morgan fingerprint density at radius 3 is 2.68 bits per heavy atom. The second-order valence-corrected chi connectivity index (χ2v) is 7.40. The minimum atomic E-state index is 0.722. The van der Waals surface area contributed by atoms with Crippen LogP contribution in [0, 0.1) is 13.8 Å². The Morgan fingerprint density at radius 2 is 1.84 bits per heavy atom. The first-order valence-corrected chi connectivity index (χ1v) is 8.97. The smallest absolute Gasteiger partial charge is 0.286 e. The van der Waals surface area contributed by atoms with Crippen molar-refractivity contribution in [3.63, 3.8) is 0 Å². The van der Waals surface area contributed by atoms with E-state index < -0.39 is 0 Å². The molecule has 0 spiro atoms. The van der Waals surface area contributed by atoms with Gasteiger partial charge in [-0.15, -0.1) is 11.3 Å². The molecule has 5 heteroatoms. The van der Waals surface area contributed by atoms with Crippen molar-refractivity contribution in [1.29, 1.82) is 0 Å². The molecule has 5 rings (SSSR count). The summed E-state index contributed by atoms with van der Waals surface area (Å²) in [5.74, 6) is 0. The van der Waals surface area contributed by atoms with Crippen LogP contribution < -0.4 is 4.57 Å². The molecule has 25 heavy (non-hydrogen) atoms. The SMILES string of the molecule is Cc1ccc2c(n1)oc1c3ccc(C)c(-c4ccnc[n+]4C)c3sc21. The maximum absolute atomic E-state index is 6.13. The molecule has 1 aromatic carbocycles. The van der Waals surface area contributed by atoms with Crippen LogP contribution in [0.3, 0.4) is 0 Å². The van der Waals surface area contributed by atoms with E-state index in [0.29, 0.717) is 0 Å². The Balaban J connectivity index is 1.93. The molecule has 0 aliphatic carbocycles. The summed E-state index contributed by atoms with van der Waals surface area (Å²) in [6.07, 6.45) is 3.68. The molecule has 0 fully saturated rings. The van der Waals surface area contributed by atoms with Gasteiger partial charge in [-0.1, -0.05) is 11.1 Å². The van der Waals surface area contributed by atoms with Crippen LogP contribution >= 0.6 is 11.3 Å². The second-order valence-electron chi connectivity index (χ2n) is 6.38. The highest BCUT2D eigenvalue weighted by Crippen LogP contribution is 2.44. The van der Waals surface area contributed by atoms with E-state index in [4.69, 9.17) is 4.42 Å². The van der Waals surface area contributed by atoms with Gasteiger partial charge in [-0.2, -0.15) is 0 Å². The minimum absolute atomic E-state index is 0.722. The summed E-state index contributed by atoms with van der Waals surface area (Å²) < 4.78 is 10.6. The van der Waals surface area contributed by atoms with E-state index >= 15 is 0 Å². The zero-order valence-corrected chi connectivity index (χ0v) is 15.0. The van der Waals surface area contributed by atoms with Crippen molar-refractivity contribution in [3.05, 3.63) is 54.1 Å². The molecule has 0 bridgehead atoms. The monoisotopic (exact) mass is 346 g/mol. The van der Waals surface area contributed by atoms with E-state index in [-0.39, 0.29) is 0 Å². The Labute approximate surface area is 148 Å². The molecule has 0 atom stereocenters. The number of furan rings is 1. The molecular formula is C20H16N3OS+. The average Bonchev–Trinajstić information content (AvgIpc) is 3.11. The summed E-state index contributed by atoms with van der Waals surface area (Å²) in [5.41, 5.74) is 6.27. The fraction of sp³-hybridized carbons (Fsp3) is 0.150. The highest BCUT2D eigenvalue weighted by Gasteiger charge is 2.20. The summed E-state index contributed by atoms with van der Waals surface area (Å²) in [5, 5.41) is 2.23. The van der Waals surface area contributed by atoms with Crippen molar-refractivity contribution in [1.82, 2.24) is 9.97 Å². The zero-order valence-electron chi connectivity index (χ0n) is 14.2. The van der Waals surface area contributed by atoms with Crippen molar-refractivity contribution < 1.29 is 8.98 Å². The third-order valence-electron chi connectivity index (χ3n) is 4.66. The van der Waals surface area contributed by atoms with Gasteiger partial charge in [0.25, 0.3) is 6.33 Å². The summed E-state index contributed by atoms with van der Waals surface area (Å²) in [6, 6.07) is 10.5. The molecule has 4 aromatic heterocycles. The Bertz CT molecular complexity index is 1280. The minimum Gasteiger partial charge on any atom is -0.436 e. The van der Waals surface area contributed by atoms with Gasteiger partial charge in [0.05, 0.1) is 21.8 Å². The predicted molar refractivity (Wildman–Crippen MR) is 101 cm³/mol. The lowest BCUT2D eigenvalue weighted by Gasteiger charge is -2.07. The van der Waals surface area contributed by atoms with Crippen LogP contribution in [0.2, 0.25) is 0 Å². The molecule has 0 unspecified atom stereocenters. The van der Waals surface area contributed by atoms with Gasteiger partial charge in [-0.25, -0.2) is 9.55 Å². The fourth-order valence-corrected chi connectivity index (χ4v) is 4.76. The lowest BCUT2D eigenvalue weighted by Crippen LogP contribution is -2.31. The van der Waals surface area contributed by atoms with Crippen LogP contribution in [0.15, 0.2) is 47.3 Å². The number of hydrogen-bond acceptors (Lipinski definition) is 4. The maximum Gasteiger partial charge on any atom is 0.286 e. The highest BCUT2D eigenvalue weighted by molar-refractivity contribution is 7.27. The quantitative estimate of drug-likeness (QED) is 0.413. The van der Waals surface area contributed by atoms with E-state index in [2.05, 4.69) is 45.7 Å². The van der Waals surface area contributed by atoms with Gasteiger partial charge in [0.1, 0.15) is 11.9 Å². The molecule has 122 valence electrons. The van der Waals surface area contributed by atoms with Gasteiger partial charge in [-0.3, -0.25) is 0 Å². The first kappa shape index (κ1) is 14.5. The van der Waals surface area contributed by atoms with E-state index in [1.54, 1.807) is 11.3 Å². The largest absolute Gasteiger partial charge is 0.436 e. The van der Waals surface area contributed by atoms with Gasteiger partial charge in [0.2, 0.25) is 5.71 Å². The molecule has 4 nitrogen and oxygen atoms in total. The number of benzene rings is 1. The van der Waals surface area contributed by atoms with E-state index in [1.807, 2.05) is 32.6 Å². The van der Waals surface area contributed by atoms with Gasteiger partial charge in [0.15, 0.2) is 5.58 Å². The van der Waals surface area contributed by atoms with Crippen LogP contribution in [0.1, 0.15) is 11.3 Å². The van der Waals surface area contributed by atoms with Crippen LogP contribution in [-0.4, -0.2) is 9.97 Å². The van der Waals surface area contributed by atoms with Crippen molar-refractivity contribution in [3.8, 4) is 11.3 Å². The summed E-state index contributed by atoms with van der Waals surface area (Å²) >= 11 is 1.78. The van der Waals surface area contributed by atoms with Crippen LogP contribution in [0.5, 0.6) is 0 Å². The standard InChI is InChI=1S/C20H16N3OS/c1-11-4-6-13-17-19(14-7-5-12(2)22-20(14)24-17)25-18(13)16(11)15-8-9-21-10-23(15)3/h4-10H,1-3H3/q+1. The lowest BCUT2D eigenvalue weighted by molar-refractivity contribution is -0.663. The van der Waals surface area contributed by atoms with Gasteiger partial charge in [0, 0.05) is 22.7 Å². The third-order valence-corrected chi connectivity index (χ3v) is 5.90. The molecule has 0 saturated carbocycles. The molecule has 0 aliphatic rings. The molecule has 5 aromatic rings. The molecule has 0 N–H and O–H groups in total. The normalized spacial score (nSPS) is 11.8. The number of thiophene rings is 1. The molecule has 4 heterocycles. The number of hydrogen-bond donors (Lipinski definition) is 0. The molecular weight excluding hydrogens is 330 g/mol. The summed E-state index contributed by atoms with van der Waals surface area (Å²) in [4.78, 5) is 8.73. The van der Waals surface area contributed by atoms with Crippen molar-refractivity contribution in [2.24, 2.45) is 7.05 Å². The van der Waals surface area contributed by atoms with Crippen LogP contribution in [-0.2, 0) is 7.05 Å². The fourth-order valence-electron chi connectivity index (χ4n) is 3.41. The van der Waals surface area contributed by atoms with Gasteiger partial charge < -0.3 is 4.42 Å². The molecule has 0 amide bonds. The van der Waals surface area contributed by atoms with E-state index in [9.17, 15) is 0 Å². The lowest BCUT2D eigenvalue weighted by atomic mass is 10.0. The van der Waals surface area contributed by atoms with Crippen molar-refractivity contribution in [2.45, 2.75) is 13.8 Å². The van der Waals surface area contributed by atoms with Crippen molar-refractivity contribution in [2.75, 3.05) is 0 Å². The predicted octanol–water partition coefficient (Wildman–Crippen LogP) is 4.70. The third kappa shape index (κ3) is 2.02. The molecule has 0 saturated heterocycles. The number of aryl methyl sites for hydroxylation is 3. The van der Waals surface area contributed by atoms with Crippen LogP contribution in [0.25, 0.3) is 42.7 Å². The second kappa shape index (κ2) is 5.10. The van der Waals surface area contributed by atoms with Gasteiger partial charge >= 0.3 is 0 Å². The highest BCUT2D eigenvalue weighted by atomic mass is 32.1. The average molecular weight is 346 g/mol. The summed E-state index contributed by atoms with van der Waals surface area (Å²) in [7, 11) is 2.03. The van der Waals surface area contributed by atoms with Crippen LogP contribution in [0.4, 0.5) is 0 Å². The molecule has 0 radical (unpaired) electrons. The number of nitrogens with zero attached hydrogens (tertiary/aromatic N) is 3. The number of aromatic nitrogens is 3. The first-order chi connectivity index (χ1) is 12.1. The number of fused-ring (bicyclic) bond motifs is 5. The first-order valence-electron chi connectivity index (χ1n) is 8.15. The van der Waals surface area contributed by atoms with Gasteiger partial charge in [-0.05, 0) is 37.6 Å². The van der Waals surface area contributed by atoms with E-state index in [0.717, 1.165) is 33.5 Å². The summed E-state index contributed by atoms with van der Waals surface area (Å²) in [6.45, 7) is 4.14. The number of rotatable bonds is 1. The Hall–Kier alpha value is -2.79.